The Bertz CT molecular complexity index is 1180. The van der Waals surface area contributed by atoms with Crippen LogP contribution in [0.4, 0.5) is 0 Å². The summed E-state index contributed by atoms with van der Waals surface area (Å²) < 4.78 is 26.8. The first-order chi connectivity index (χ1) is 13.3. The molecule has 1 unspecified atom stereocenters. The Kier molecular flexibility index (Phi) is 5.15. The van der Waals surface area contributed by atoms with Gasteiger partial charge in [0.05, 0.1) is 15.5 Å². The van der Waals surface area contributed by atoms with Crippen LogP contribution in [0.5, 0.6) is 0 Å². The van der Waals surface area contributed by atoms with Crippen LogP contribution in [-0.2, 0) is 16.3 Å². The van der Waals surface area contributed by atoms with Gasteiger partial charge in [0, 0.05) is 10.0 Å². The minimum Gasteiger partial charge on any atom is -0.361 e. The Hall–Kier alpha value is -1.62. The van der Waals surface area contributed by atoms with E-state index in [0.29, 0.717) is 23.4 Å². The molecule has 4 nitrogen and oxygen atoms in total. The van der Waals surface area contributed by atoms with E-state index in [1.165, 1.54) is 18.2 Å². The summed E-state index contributed by atoms with van der Waals surface area (Å²) >= 11 is 18.3. The number of allylic oxidation sites excluding steroid dienone is 2. The zero-order chi connectivity index (χ0) is 20.1. The second-order valence-corrected chi connectivity index (χ2v) is 10.3. The van der Waals surface area contributed by atoms with Gasteiger partial charge in [-0.05, 0) is 67.1 Å². The molecule has 2 aromatic rings. The van der Waals surface area contributed by atoms with Crippen molar-refractivity contribution in [2.75, 3.05) is 0 Å². The fourth-order valence-electron chi connectivity index (χ4n) is 4.05. The molecule has 2 aliphatic carbocycles. The van der Waals surface area contributed by atoms with Gasteiger partial charge < -0.3 is 5.53 Å². The highest BCUT2D eigenvalue weighted by molar-refractivity contribution is 7.93. The molecule has 0 aliphatic heterocycles. The van der Waals surface area contributed by atoms with Crippen molar-refractivity contribution in [2.24, 2.45) is 0 Å². The third-order valence-corrected chi connectivity index (χ3v) is 8.41. The minimum absolute atomic E-state index is 0.0518. The number of fused-ring (bicyclic) bond motifs is 2. The van der Waals surface area contributed by atoms with Gasteiger partial charge in [-0.2, -0.15) is 4.79 Å². The fraction of sp³-hybridized carbons (Fsp3) is 0.250. The molecule has 0 saturated heterocycles. The summed E-state index contributed by atoms with van der Waals surface area (Å²) in [7, 11) is -3.91. The van der Waals surface area contributed by atoms with Crippen molar-refractivity contribution in [1.29, 1.82) is 0 Å². The summed E-state index contributed by atoms with van der Waals surface area (Å²) in [5.41, 5.74) is 13.7. The quantitative estimate of drug-likeness (QED) is 0.435. The summed E-state index contributed by atoms with van der Waals surface area (Å²) in [4.78, 5) is 3.40. The number of aryl methyl sites for hydroxylation is 1. The highest BCUT2D eigenvalue weighted by Gasteiger charge is 2.45. The molecule has 8 heteroatoms. The predicted octanol–water partition coefficient (Wildman–Crippen LogP) is 5.65. The Balaban J connectivity index is 1.86. The van der Waals surface area contributed by atoms with E-state index in [-0.39, 0.29) is 20.7 Å². The van der Waals surface area contributed by atoms with Crippen molar-refractivity contribution in [3.63, 3.8) is 0 Å². The Morgan fingerprint density at radius 1 is 0.964 bits per heavy atom. The first kappa shape index (κ1) is 19.7. The van der Waals surface area contributed by atoms with Gasteiger partial charge in [0.1, 0.15) is 0 Å². The fourth-order valence-corrected chi connectivity index (χ4v) is 6.75. The van der Waals surface area contributed by atoms with Crippen LogP contribution in [0, 0.1) is 0 Å². The molecule has 144 valence electrons. The second kappa shape index (κ2) is 7.33. The van der Waals surface area contributed by atoms with Crippen LogP contribution in [-0.4, -0.2) is 24.2 Å². The van der Waals surface area contributed by atoms with Gasteiger partial charge in [-0.25, -0.2) is 8.42 Å². The lowest BCUT2D eigenvalue weighted by Gasteiger charge is -2.28. The maximum absolute atomic E-state index is 13.4. The molecule has 0 heterocycles. The zero-order valence-corrected chi connectivity index (χ0v) is 17.7. The van der Waals surface area contributed by atoms with Crippen molar-refractivity contribution in [3.05, 3.63) is 73.7 Å². The molecule has 0 bridgehead atoms. The van der Waals surface area contributed by atoms with E-state index in [0.717, 1.165) is 29.5 Å². The number of nitrogens with zero attached hydrogens (tertiary/aromatic N) is 2. The minimum atomic E-state index is -3.91. The Morgan fingerprint density at radius 2 is 1.68 bits per heavy atom. The maximum Gasteiger partial charge on any atom is 0.318 e. The number of rotatable bonds is 2. The monoisotopic (exact) mass is 452 g/mol. The summed E-state index contributed by atoms with van der Waals surface area (Å²) in [6.45, 7) is 0. The molecule has 0 N–H and O–H groups in total. The van der Waals surface area contributed by atoms with Gasteiger partial charge in [0.15, 0.2) is 15.1 Å². The first-order valence-electron chi connectivity index (χ1n) is 8.75. The molecule has 28 heavy (non-hydrogen) atoms. The Morgan fingerprint density at radius 3 is 2.43 bits per heavy atom. The lowest BCUT2D eigenvalue weighted by atomic mass is 9.77. The van der Waals surface area contributed by atoms with E-state index in [1.54, 1.807) is 6.07 Å². The SMILES string of the molecule is [N-]=[N+]=C1C2=C(CCc3cc(Cl)ccc32)CCC1S(=O)(=O)c1cc(Cl)ccc1Cl. The van der Waals surface area contributed by atoms with Crippen LogP contribution in [0.3, 0.4) is 0 Å². The molecule has 4 rings (SSSR count). The molecule has 0 spiro atoms. The van der Waals surface area contributed by atoms with Crippen LogP contribution in [0.15, 0.2) is 46.9 Å². The maximum atomic E-state index is 13.4. The number of benzene rings is 2. The van der Waals surface area contributed by atoms with Crippen molar-refractivity contribution < 1.29 is 13.2 Å². The molecule has 2 aliphatic rings. The van der Waals surface area contributed by atoms with Crippen LogP contribution in [0.25, 0.3) is 11.1 Å². The molecule has 2 aromatic carbocycles. The highest BCUT2D eigenvalue weighted by Crippen LogP contribution is 2.42. The molecule has 0 saturated carbocycles. The van der Waals surface area contributed by atoms with E-state index in [4.69, 9.17) is 34.8 Å². The predicted molar refractivity (Wildman–Crippen MR) is 112 cm³/mol. The number of halogens is 3. The largest absolute Gasteiger partial charge is 0.361 e. The topological polar surface area (TPSA) is 70.5 Å². The normalized spacial score (nSPS) is 19.1. The molecule has 0 fully saturated rings. The lowest BCUT2D eigenvalue weighted by Crippen LogP contribution is -2.36. The standard InChI is InChI=1S/C20H15Cl3N2O2S/c21-13-4-6-15-12(9-13)2-1-11-3-8-17(20(25-24)19(11)15)28(26,27)18-10-14(22)5-7-16(18)23/h4-7,9-10,17H,1-3,8H2. The van der Waals surface area contributed by atoms with Crippen LogP contribution >= 0.6 is 34.8 Å². The number of sulfone groups is 1. The van der Waals surface area contributed by atoms with E-state index in [2.05, 4.69) is 4.79 Å². The van der Waals surface area contributed by atoms with Crippen molar-refractivity contribution in [2.45, 2.75) is 35.8 Å². The van der Waals surface area contributed by atoms with E-state index < -0.39 is 15.1 Å². The summed E-state index contributed by atoms with van der Waals surface area (Å²) in [5, 5.41) is -0.0130. The summed E-state index contributed by atoms with van der Waals surface area (Å²) in [6.07, 6.45) is 2.54. The van der Waals surface area contributed by atoms with E-state index in [1.807, 2.05) is 12.1 Å². The molecular weight excluding hydrogens is 439 g/mol. The van der Waals surface area contributed by atoms with Gasteiger partial charge in [-0.3, -0.25) is 0 Å². The van der Waals surface area contributed by atoms with Crippen molar-refractivity contribution in [3.8, 4) is 0 Å². The van der Waals surface area contributed by atoms with E-state index >= 15 is 0 Å². The summed E-state index contributed by atoms with van der Waals surface area (Å²) in [5.74, 6) is 0. The van der Waals surface area contributed by atoms with Crippen LogP contribution < -0.4 is 0 Å². The van der Waals surface area contributed by atoms with Gasteiger partial charge in [-0.1, -0.05) is 46.4 Å². The lowest BCUT2D eigenvalue weighted by molar-refractivity contribution is -0.00557. The number of hydrogen-bond donors (Lipinski definition) is 0. The average molecular weight is 454 g/mol. The molecular formula is C20H15Cl3N2O2S. The third-order valence-electron chi connectivity index (χ3n) is 5.34. The zero-order valence-electron chi connectivity index (χ0n) is 14.6. The van der Waals surface area contributed by atoms with Gasteiger partial charge in [-0.15, -0.1) is 0 Å². The average Bonchev–Trinajstić information content (AvgIpc) is 2.68. The Labute approximate surface area is 178 Å². The number of hydrogen-bond acceptors (Lipinski definition) is 2. The van der Waals surface area contributed by atoms with Crippen LogP contribution in [0.1, 0.15) is 30.4 Å². The molecule has 0 radical (unpaired) electrons. The van der Waals surface area contributed by atoms with Gasteiger partial charge in [0.25, 0.3) is 0 Å². The molecule has 0 aromatic heterocycles. The van der Waals surface area contributed by atoms with Gasteiger partial charge >= 0.3 is 5.71 Å². The first-order valence-corrected chi connectivity index (χ1v) is 11.4. The molecule has 0 amide bonds. The smallest absolute Gasteiger partial charge is 0.318 e. The van der Waals surface area contributed by atoms with Crippen molar-refractivity contribution in [1.82, 2.24) is 0 Å². The molecule has 1 atom stereocenters. The third kappa shape index (κ3) is 3.22. The summed E-state index contributed by atoms with van der Waals surface area (Å²) in [6, 6.07) is 9.83. The van der Waals surface area contributed by atoms with Gasteiger partial charge in [0.2, 0.25) is 0 Å². The second-order valence-electron chi connectivity index (χ2n) is 6.91. The van der Waals surface area contributed by atoms with E-state index in [9.17, 15) is 13.9 Å². The van der Waals surface area contributed by atoms with Crippen LogP contribution in [0.2, 0.25) is 15.1 Å². The van der Waals surface area contributed by atoms with Crippen molar-refractivity contribution >= 4 is 55.9 Å². The highest BCUT2D eigenvalue weighted by atomic mass is 35.5.